The van der Waals surface area contributed by atoms with Gasteiger partial charge in [0.05, 0.1) is 24.4 Å². The molecule has 0 unspecified atom stereocenters. The van der Waals surface area contributed by atoms with Gasteiger partial charge in [0.2, 0.25) is 5.91 Å². The summed E-state index contributed by atoms with van der Waals surface area (Å²) in [6, 6.07) is 1.73. The first kappa shape index (κ1) is 19.6. The van der Waals surface area contributed by atoms with Gasteiger partial charge in [-0.2, -0.15) is 0 Å². The fraction of sp³-hybridized carbons (Fsp3) is 0.762. The molecule has 4 heterocycles. The lowest BCUT2D eigenvalue weighted by Gasteiger charge is -2.36. The highest BCUT2D eigenvalue weighted by atomic mass is 16.5. The third kappa shape index (κ3) is 4.30. The quantitative estimate of drug-likeness (QED) is 0.783. The van der Waals surface area contributed by atoms with E-state index in [1.807, 2.05) is 23.3 Å². The van der Waals surface area contributed by atoms with Gasteiger partial charge in [-0.3, -0.25) is 19.1 Å². The molecule has 4 rings (SSSR count). The van der Waals surface area contributed by atoms with E-state index in [-0.39, 0.29) is 29.6 Å². The molecule has 0 aliphatic carbocycles. The summed E-state index contributed by atoms with van der Waals surface area (Å²) in [5, 5.41) is 0. The number of rotatable bonds is 3. The van der Waals surface area contributed by atoms with Crippen molar-refractivity contribution in [2.75, 3.05) is 32.7 Å². The molecule has 0 bridgehead atoms. The van der Waals surface area contributed by atoms with E-state index in [0.717, 1.165) is 63.3 Å². The van der Waals surface area contributed by atoms with Crippen LogP contribution < -0.4 is 5.56 Å². The van der Waals surface area contributed by atoms with E-state index in [9.17, 15) is 9.59 Å². The second-order valence-corrected chi connectivity index (χ2v) is 8.67. The van der Waals surface area contributed by atoms with Crippen LogP contribution in [0.5, 0.6) is 0 Å². The van der Waals surface area contributed by atoms with Crippen molar-refractivity contribution in [1.29, 1.82) is 0 Å². The van der Waals surface area contributed by atoms with E-state index in [1.54, 1.807) is 6.07 Å². The number of aromatic nitrogens is 2. The zero-order valence-corrected chi connectivity index (χ0v) is 17.1. The van der Waals surface area contributed by atoms with Crippen LogP contribution >= 0.6 is 0 Å². The summed E-state index contributed by atoms with van der Waals surface area (Å²) in [5.74, 6) is 1.38. The predicted molar refractivity (Wildman–Crippen MR) is 106 cm³/mol. The molecule has 2 fully saturated rings. The Morgan fingerprint density at radius 3 is 2.71 bits per heavy atom. The molecule has 3 aliphatic rings. The highest BCUT2D eigenvalue weighted by Gasteiger charge is 2.31. The van der Waals surface area contributed by atoms with Crippen molar-refractivity contribution >= 4 is 5.91 Å². The maximum atomic E-state index is 12.7. The maximum Gasteiger partial charge on any atom is 0.253 e. The van der Waals surface area contributed by atoms with Crippen LogP contribution in [0.4, 0.5) is 0 Å². The maximum absolute atomic E-state index is 12.7. The van der Waals surface area contributed by atoms with Gasteiger partial charge in [-0.05, 0) is 39.7 Å². The number of aryl methyl sites for hydroxylation is 1. The van der Waals surface area contributed by atoms with Gasteiger partial charge in [-0.25, -0.2) is 4.98 Å². The van der Waals surface area contributed by atoms with E-state index in [2.05, 4.69) is 4.90 Å². The van der Waals surface area contributed by atoms with E-state index in [1.165, 1.54) is 0 Å². The monoisotopic (exact) mass is 388 g/mol. The second-order valence-electron chi connectivity index (χ2n) is 8.67. The summed E-state index contributed by atoms with van der Waals surface area (Å²) < 4.78 is 7.58. The Labute approximate surface area is 166 Å². The summed E-state index contributed by atoms with van der Waals surface area (Å²) in [6.45, 7) is 8.30. The first-order valence-electron chi connectivity index (χ1n) is 10.8. The normalized spacial score (nSPS) is 28.8. The number of nitrogens with zero attached hydrogens (tertiary/aromatic N) is 4. The molecule has 7 nitrogen and oxygen atoms in total. The summed E-state index contributed by atoms with van der Waals surface area (Å²) in [4.78, 5) is 34.3. The Morgan fingerprint density at radius 1 is 1.14 bits per heavy atom. The molecule has 3 aliphatic heterocycles. The summed E-state index contributed by atoms with van der Waals surface area (Å²) in [6.07, 6.45) is 5.37. The number of fused-ring (bicyclic) bond motifs is 1. The molecule has 0 N–H and O–H groups in total. The Balaban J connectivity index is 1.39. The SMILES string of the molecule is C[C@@H]1CN(C(=O)CN2CC[C@@H](c3cc(=O)n4c(n3)CCCCC4)C2)C[C@@H](C)O1. The lowest BCUT2D eigenvalue weighted by atomic mass is 10.0. The van der Waals surface area contributed by atoms with Crippen molar-refractivity contribution in [2.45, 2.75) is 70.6 Å². The molecule has 3 atom stereocenters. The van der Waals surface area contributed by atoms with Gasteiger partial charge < -0.3 is 9.64 Å². The van der Waals surface area contributed by atoms with Gasteiger partial charge in [0.15, 0.2) is 0 Å². The molecule has 0 radical (unpaired) electrons. The molecule has 0 spiro atoms. The number of carbonyl (C=O) groups is 1. The van der Waals surface area contributed by atoms with E-state index in [0.29, 0.717) is 19.6 Å². The van der Waals surface area contributed by atoms with Crippen molar-refractivity contribution in [2.24, 2.45) is 0 Å². The third-order valence-corrected chi connectivity index (χ3v) is 6.21. The average Bonchev–Trinajstić information content (AvgIpc) is 2.97. The van der Waals surface area contributed by atoms with Crippen LogP contribution in [0, 0.1) is 0 Å². The fourth-order valence-electron chi connectivity index (χ4n) is 4.83. The molecule has 0 aromatic carbocycles. The Kier molecular flexibility index (Phi) is 5.83. The smallest absolute Gasteiger partial charge is 0.253 e. The van der Waals surface area contributed by atoms with Crippen LogP contribution in [-0.2, 0) is 22.5 Å². The third-order valence-electron chi connectivity index (χ3n) is 6.21. The first-order chi connectivity index (χ1) is 13.5. The van der Waals surface area contributed by atoms with E-state index in [4.69, 9.17) is 9.72 Å². The number of hydrogen-bond acceptors (Lipinski definition) is 5. The Bertz CT molecular complexity index is 767. The van der Waals surface area contributed by atoms with Crippen LogP contribution in [0.1, 0.15) is 57.0 Å². The molecule has 1 amide bonds. The van der Waals surface area contributed by atoms with Gasteiger partial charge >= 0.3 is 0 Å². The van der Waals surface area contributed by atoms with Crippen molar-refractivity contribution in [3.63, 3.8) is 0 Å². The Morgan fingerprint density at radius 2 is 1.93 bits per heavy atom. The minimum atomic E-state index is 0.0905. The fourth-order valence-corrected chi connectivity index (χ4v) is 4.83. The summed E-state index contributed by atoms with van der Waals surface area (Å²) >= 11 is 0. The molecule has 7 heteroatoms. The topological polar surface area (TPSA) is 67.7 Å². The summed E-state index contributed by atoms with van der Waals surface area (Å²) in [7, 11) is 0. The molecular weight excluding hydrogens is 356 g/mol. The van der Waals surface area contributed by atoms with E-state index < -0.39 is 0 Å². The van der Waals surface area contributed by atoms with Gasteiger partial charge in [-0.1, -0.05) is 6.42 Å². The predicted octanol–water partition coefficient (Wildman–Crippen LogP) is 1.39. The van der Waals surface area contributed by atoms with Crippen LogP contribution in [0.25, 0.3) is 0 Å². The van der Waals surface area contributed by atoms with Gasteiger partial charge in [0.25, 0.3) is 5.56 Å². The number of ether oxygens (including phenoxy) is 1. The molecule has 28 heavy (non-hydrogen) atoms. The zero-order valence-electron chi connectivity index (χ0n) is 17.1. The number of likely N-dealkylation sites (tertiary alicyclic amines) is 1. The van der Waals surface area contributed by atoms with Gasteiger partial charge in [0.1, 0.15) is 5.82 Å². The first-order valence-corrected chi connectivity index (χ1v) is 10.8. The van der Waals surface area contributed by atoms with Crippen molar-refractivity contribution in [3.8, 4) is 0 Å². The number of carbonyl (C=O) groups excluding carboxylic acids is 1. The lowest BCUT2D eigenvalue weighted by molar-refractivity contribution is -0.144. The number of amides is 1. The highest BCUT2D eigenvalue weighted by molar-refractivity contribution is 5.78. The van der Waals surface area contributed by atoms with Crippen LogP contribution in [-0.4, -0.2) is 70.2 Å². The zero-order chi connectivity index (χ0) is 19.7. The molecule has 0 saturated carbocycles. The van der Waals surface area contributed by atoms with Gasteiger partial charge in [0, 0.05) is 44.6 Å². The molecule has 1 aromatic rings. The van der Waals surface area contributed by atoms with E-state index >= 15 is 0 Å². The van der Waals surface area contributed by atoms with Crippen molar-refractivity contribution in [3.05, 3.63) is 27.9 Å². The standard InChI is InChI=1S/C21H32N4O3/c1-15-11-24(12-16(2)28-15)21(27)14-23-9-7-17(13-23)18-10-20(26)25-8-5-3-4-6-19(25)22-18/h10,15-17H,3-9,11-14H2,1-2H3/t15-,16-,17-/m1/s1. The molecule has 2 saturated heterocycles. The van der Waals surface area contributed by atoms with Gasteiger partial charge in [-0.15, -0.1) is 0 Å². The number of hydrogen-bond donors (Lipinski definition) is 0. The van der Waals surface area contributed by atoms with Crippen LogP contribution in [0.15, 0.2) is 10.9 Å². The highest BCUT2D eigenvalue weighted by Crippen LogP contribution is 2.26. The van der Waals surface area contributed by atoms with Crippen LogP contribution in [0.3, 0.4) is 0 Å². The average molecular weight is 389 g/mol. The summed E-state index contributed by atoms with van der Waals surface area (Å²) in [5.41, 5.74) is 1.01. The largest absolute Gasteiger partial charge is 0.372 e. The van der Waals surface area contributed by atoms with Crippen molar-refractivity contribution < 1.29 is 9.53 Å². The molecule has 1 aromatic heterocycles. The molecule has 154 valence electrons. The van der Waals surface area contributed by atoms with Crippen molar-refractivity contribution in [1.82, 2.24) is 19.4 Å². The van der Waals surface area contributed by atoms with Crippen LogP contribution in [0.2, 0.25) is 0 Å². The number of morpholine rings is 1. The Hall–Kier alpha value is -1.73. The second kappa shape index (κ2) is 8.33. The minimum absolute atomic E-state index is 0.0905. The lowest BCUT2D eigenvalue weighted by Crippen LogP contribution is -2.50. The molecular formula is C21H32N4O3. The minimum Gasteiger partial charge on any atom is -0.372 e.